The first-order valence-electron chi connectivity index (χ1n) is 7.98. The van der Waals surface area contributed by atoms with Crippen molar-refractivity contribution >= 4 is 5.82 Å². The number of nitrogens with two attached hydrogens (primary N) is 1. The summed E-state index contributed by atoms with van der Waals surface area (Å²) in [6.45, 7) is 4.90. The number of aryl methyl sites for hydroxylation is 1. The summed E-state index contributed by atoms with van der Waals surface area (Å²) >= 11 is 0. The fourth-order valence-corrected chi connectivity index (χ4v) is 3.11. The number of hydrogen-bond donors (Lipinski definition) is 1. The molecule has 2 rings (SSSR count). The molecule has 1 aliphatic rings. The molecule has 0 spiro atoms. The minimum Gasteiger partial charge on any atom is -0.384 e. The Morgan fingerprint density at radius 1 is 1.15 bits per heavy atom. The van der Waals surface area contributed by atoms with Crippen molar-refractivity contribution in [1.29, 1.82) is 0 Å². The molecular weight excluding hydrogens is 250 g/mol. The zero-order chi connectivity index (χ0) is 14.4. The molecule has 0 aromatic carbocycles. The van der Waals surface area contributed by atoms with Gasteiger partial charge in [0.2, 0.25) is 0 Å². The van der Waals surface area contributed by atoms with Gasteiger partial charge in [-0.2, -0.15) is 0 Å². The fourth-order valence-electron chi connectivity index (χ4n) is 3.11. The molecule has 4 nitrogen and oxygen atoms in total. The smallest absolute Gasteiger partial charge is 0.162 e. The number of aromatic nitrogens is 2. The normalized spacial score (nSPS) is 18.7. The second-order valence-corrected chi connectivity index (χ2v) is 5.70. The lowest BCUT2D eigenvalue weighted by Gasteiger charge is -2.31. The van der Waals surface area contributed by atoms with Crippen LogP contribution in [-0.2, 0) is 16.8 Å². The molecule has 0 unspecified atom stereocenters. The van der Waals surface area contributed by atoms with Crippen LogP contribution < -0.4 is 5.73 Å². The van der Waals surface area contributed by atoms with Crippen molar-refractivity contribution in [2.45, 2.75) is 70.8 Å². The highest BCUT2D eigenvalue weighted by Gasteiger charge is 2.36. The van der Waals surface area contributed by atoms with Crippen LogP contribution in [0.5, 0.6) is 0 Å². The third-order valence-electron chi connectivity index (χ3n) is 4.04. The molecule has 112 valence electrons. The topological polar surface area (TPSA) is 61.0 Å². The summed E-state index contributed by atoms with van der Waals surface area (Å²) in [5.74, 6) is 1.38. The van der Waals surface area contributed by atoms with E-state index in [9.17, 15) is 0 Å². The van der Waals surface area contributed by atoms with Crippen molar-refractivity contribution in [3.05, 3.63) is 17.6 Å². The lowest BCUT2D eigenvalue weighted by atomic mass is 9.92. The van der Waals surface area contributed by atoms with Gasteiger partial charge in [0, 0.05) is 18.4 Å². The first kappa shape index (κ1) is 15.2. The number of hydrogen-bond acceptors (Lipinski definition) is 4. The van der Waals surface area contributed by atoms with E-state index in [2.05, 4.69) is 11.9 Å². The van der Waals surface area contributed by atoms with Crippen LogP contribution in [0.4, 0.5) is 5.82 Å². The number of anilines is 1. The Labute approximate surface area is 122 Å². The minimum atomic E-state index is -0.316. The summed E-state index contributed by atoms with van der Waals surface area (Å²) in [5.41, 5.74) is 6.71. The molecule has 1 saturated carbocycles. The standard InChI is InChI=1S/C16H27N3O/c1-3-9-13-12-14(17)19-15(18-13)16(20-4-2)10-7-5-6-8-11-16/h12H,3-11H2,1-2H3,(H2,17,18,19). The molecule has 1 aromatic heterocycles. The van der Waals surface area contributed by atoms with Gasteiger partial charge < -0.3 is 10.5 Å². The van der Waals surface area contributed by atoms with E-state index in [0.717, 1.165) is 37.2 Å². The Hall–Kier alpha value is -1.16. The van der Waals surface area contributed by atoms with Crippen molar-refractivity contribution < 1.29 is 4.74 Å². The summed E-state index contributed by atoms with van der Waals surface area (Å²) in [6, 6.07) is 1.89. The van der Waals surface area contributed by atoms with Crippen molar-refractivity contribution in [3.8, 4) is 0 Å². The molecule has 0 amide bonds. The Kier molecular flexibility index (Phi) is 5.35. The van der Waals surface area contributed by atoms with Crippen LogP contribution in [0.1, 0.15) is 70.3 Å². The van der Waals surface area contributed by atoms with Gasteiger partial charge in [-0.3, -0.25) is 0 Å². The van der Waals surface area contributed by atoms with E-state index in [4.69, 9.17) is 15.5 Å². The molecule has 0 aliphatic heterocycles. The molecule has 0 saturated heterocycles. The maximum Gasteiger partial charge on any atom is 0.162 e. The molecule has 0 bridgehead atoms. The molecule has 4 heteroatoms. The minimum absolute atomic E-state index is 0.316. The predicted molar refractivity (Wildman–Crippen MR) is 81.4 cm³/mol. The highest BCUT2D eigenvalue weighted by molar-refractivity contribution is 5.31. The van der Waals surface area contributed by atoms with E-state index in [1.165, 1.54) is 25.7 Å². The lowest BCUT2D eigenvalue weighted by Crippen LogP contribution is -2.32. The Morgan fingerprint density at radius 3 is 2.45 bits per heavy atom. The SMILES string of the molecule is CCCc1cc(N)nc(C2(OCC)CCCCCC2)n1. The first-order valence-corrected chi connectivity index (χ1v) is 7.98. The second-order valence-electron chi connectivity index (χ2n) is 5.70. The van der Waals surface area contributed by atoms with Crippen LogP contribution in [0, 0.1) is 0 Å². The molecule has 2 N–H and O–H groups in total. The van der Waals surface area contributed by atoms with Crippen LogP contribution in [0.2, 0.25) is 0 Å². The predicted octanol–water partition coefficient (Wildman–Crippen LogP) is 3.60. The summed E-state index contributed by atoms with van der Waals surface area (Å²) in [5, 5.41) is 0. The maximum atomic E-state index is 6.14. The highest BCUT2D eigenvalue weighted by atomic mass is 16.5. The molecule has 1 aliphatic carbocycles. The average molecular weight is 277 g/mol. The van der Waals surface area contributed by atoms with Gasteiger partial charge in [0.25, 0.3) is 0 Å². The molecule has 1 fully saturated rings. The van der Waals surface area contributed by atoms with Crippen LogP contribution in [0.25, 0.3) is 0 Å². The Bertz CT molecular complexity index is 426. The third-order valence-corrected chi connectivity index (χ3v) is 4.04. The largest absolute Gasteiger partial charge is 0.384 e. The van der Waals surface area contributed by atoms with Crippen LogP contribution in [0.3, 0.4) is 0 Å². The Morgan fingerprint density at radius 2 is 1.85 bits per heavy atom. The molecular formula is C16H27N3O. The number of rotatable bonds is 5. The van der Waals surface area contributed by atoms with Crippen molar-refractivity contribution in [2.24, 2.45) is 0 Å². The second kappa shape index (κ2) is 7.02. The summed E-state index contributed by atoms with van der Waals surface area (Å²) in [6.07, 6.45) is 8.95. The van der Waals surface area contributed by atoms with Gasteiger partial charge in [0.1, 0.15) is 11.4 Å². The number of nitrogens with zero attached hydrogens (tertiary/aromatic N) is 2. The zero-order valence-electron chi connectivity index (χ0n) is 12.8. The van der Waals surface area contributed by atoms with Crippen LogP contribution in [0.15, 0.2) is 6.07 Å². The van der Waals surface area contributed by atoms with E-state index >= 15 is 0 Å². The van der Waals surface area contributed by atoms with E-state index in [1.54, 1.807) is 0 Å². The van der Waals surface area contributed by atoms with Gasteiger partial charge >= 0.3 is 0 Å². The summed E-state index contributed by atoms with van der Waals surface area (Å²) in [7, 11) is 0. The van der Waals surface area contributed by atoms with E-state index in [-0.39, 0.29) is 5.60 Å². The fraction of sp³-hybridized carbons (Fsp3) is 0.750. The lowest BCUT2D eigenvalue weighted by molar-refractivity contribution is -0.0624. The molecule has 1 aromatic rings. The number of ether oxygens (including phenoxy) is 1. The highest BCUT2D eigenvalue weighted by Crippen LogP contribution is 2.38. The number of nitrogen functional groups attached to an aromatic ring is 1. The van der Waals surface area contributed by atoms with Gasteiger partial charge in [-0.05, 0) is 26.2 Å². The van der Waals surface area contributed by atoms with Crippen molar-refractivity contribution in [2.75, 3.05) is 12.3 Å². The average Bonchev–Trinajstić information content (AvgIpc) is 2.65. The van der Waals surface area contributed by atoms with Gasteiger partial charge in [0.15, 0.2) is 5.82 Å². The van der Waals surface area contributed by atoms with Gasteiger partial charge in [0.05, 0.1) is 0 Å². The van der Waals surface area contributed by atoms with Crippen molar-refractivity contribution in [1.82, 2.24) is 9.97 Å². The van der Waals surface area contributed by atoms with Crippen molar-refractivity contribution in [3.63, 3.8) is 0 Å². The molecule has 0 atom stereocenters. The van der Waals surface area contributed by atoms with Gasteiger partial charge in [-0.25, -0.2) is 9.97 Å². The molecule has 20 heavy (non-hydrogen) atoms. The van der Waals surface area contributed by atoms with E-state index in [1.807, 2.05) is 13.0 Å². The molecule has 1 heterocycles. The van der Waals surface area contributed by atoms with Crippen LogP contribution >= 0.6 is 0 Å². The Balaban J connectivity index is 2.36. The van der Waals surface area contributed by atoms with Crippen LogP contribution in [-0.4, -0.2) is 16.6 Å². The first-order chi connectivity index (χ1) is 9.70. The quantitative estimate of drug-likeness (QED) is 0.835. The van der Waals surface area contributed by atoms with E-state index < -0.39 is 0 Å². The third kappa shape index (κ3) is 3.48. The monoisotopic (exact) mass is 277 g/mol. The zero-order valence-corrected chi connectivity index (χ0v) is 12.8. The van der Waals surface area contributed by atoms with E-state index in [0.29, 0.717) is 12.4 Å². The molecule has 0 radical (unpaired) electrons. The maximum absolute atomic E-state index is 6.14. The van der Waals surface area contributed by atoms with Gasteiger partial charge in [-0.15, -0.1) is 0 Å². The summed E-state index contributed by atoms with van der Waals surface area (Å²) < 4.78 is 6.14. The summed E-state index contributed by atoms with van der Waals surface area (Å²) in [4.78, 5) is 9.28. The van der Waals surface area contributed by atoms with Gasteiger partial charge in [-0.1, -0.05) is 39.0 Å².